The number of benzene rings is 1. The summed E-state index contributed by atoms with van der Waals surface area (Å²) in [6.07, 6.45) is 18.1. The standard InChI is InChI=1S/C31H47N3O/c35-27(10-6-9-24-13-17-32-18-14-24)21-29(26-15-19-33-20-16-26)30-23-34(22-25-7-2-1-3-8-25)31-12-5-4-11-28(30)31/h4-5,11-12,23-26,29,32-33H,1-3,6-10,13-22H2. The lowest BCUT2D eigenvalue weighted by molar-refractivity contribution is -0.119. The summed E-state index contributed by atoms with van der Waals surface area (Å²) in [5.74, 6) is 3.09. The van der Waals surface area contributed by atoms with Crippen LogP contribution in [0, 0.1) is 17.8 Å². The van der Waals surface area contributed by atoms with Gasteiger partial charge in [0.2, 0.25) is 0 Å². The molecule has 0 bridgehead atoms. The van der Waals surface area contributed by atoms with Gasteiger partial charge in [0.05, 0.1) is 0 Å². The Labute approximate surface area is 212 Å². The molecule has 3 aliphatic rings. The summed E-state index contributed by atoms with van der Waals surface area (Å²) in [4.78, 5) is 13.3. The number of piperidine rings is 2. The maximum absolute atomic E-state index is 13.3. The normalized spacial score (nSPS) is 21.9. The first-order valence-corrected chi connectivity index (χ1v) is 14.8. The lowest BCUT2D eigenvalue weighted by Crippen LogP contribution is -2.31. The molecule has 35 heavy (non-hydrogen) atoms. The van der Waals surface area contributed by atoms with Crippen molar-refractivity contribution in [1.29, 1.82) is 0 Å². The average Bonchev–Trinajstić information content (AvgIpc) is 3.27. The molecule has 0 spiro atoms. The van der Waals surface area contributed by atoms with Gasteiger partial charge in [0.15, 0.2) is 0 Å². The van der Waals surface area contributed by atoms with E-state index in [0.717, 1.165) is 63.8 Å². The molecule has 0 radical (unpaired) electrons. The van der Waals surface area contributed by atoms with Crippen LogP contribution in [0.25, 0.3) is 10.9 Å². The van der Waals surface area contributed by atoms with E-state index in [1.54, 1.807) is 0 Å². The summed E-state index contributed by atoms with van der Waals surface area (Å²) in [6, 6.07) is 9.01. The van der Waals surface area contributed by atoms with Gasteiger partial charge in [0.25, 0.3) is 0 Å². The minimum Gasteiger partial charge on any atom is -0.347 e. The molecule has 2 saturated heterocycles. The zero-order valence-electron chi connectivity index (χ0n) is 21.8. The molecule has 1 atom stereocenters. The van der Waals surface area contributed by atoms with Gasteiger partial charge in [-0.1, -0.05) is 37.5 Å². The second-order valence-corrected chi connectivity index (χ2v) is 11.8. The third kappa shape index (κ3) is 6.57. The monoisotopic (exact) mass is 477 g/mol. The number of para-hydroxylation sites is 1. The van der Waals surface area contributed by atoms with Crippen LogP contribution in [0.3, 0.4) is 0 Å². The third-order valence-electron chi connectivity index (χ3n) is 9.33. The molecule has 3 fully saturated rings. The van der Waals surface area contributed by atoms with Crippen LogP contribution in [-0.2, 0) is 11.3 Å². The summed E-state index contributed by atoms with van der Waals surface area (Å²) in [5.41, 5.74) is 2.83. The van der Waals surface area contributed by atoms with Crippen molar-refractivity contribution in [2.75, 3.05) is 26.2 Å². The molecule has 1 aromatic heterocycles. The fourth-order valence-corrected chi connectivity index (χ4v) is 7.25. The Hall–Kier alpha value is -1.65. The van der Waals surface area contributed by atoms with Gasteiger partial charge in [-0.2, -0.15) is 0 Å². The highest BCUT2D eigenvalue weighted by Crippen LogP contribution is 2.40. The molecule has 0 amide bonds. The molecular weight excluding hydrogens is 430 g/mol. The van der Waals surface area contributed by atoms with E-state index in [1.165, 1.54) is 80.7 Å². The van der Waals surface area contributed by atoms with Crippen molar-refractivity contribution in [3.8, 4) is 0 Å². The van der Waals surface area contributed by atoms with E-state index in [0.29, 0.717) is 17.6 Å². The lowest BCUT2D eigenvalue weighted by atomic mass is 9.77. The Morgan fingerprint density at radius 1 is 0.886 bits per heavy atom. The van der Waals surface area contributed by atoms with Crippen molar-refractivity contribution in [2.24, 2.45) is 17.8 Å². The van der Waals surface area contributed by atoms with Crippen LogP contribution in [0.5, 0.6) is 0 Å². The van der Waals surface area contributed by atoms with Crippen LogP contribution in [-0.4, -0.2) is 36.5 Å². The van der Waals surface area contributed by atoms with Crippen molar-refractivity contribution in [1.82, 2.24) is 15.2 Å². The fourth-order valence-electron chi connectivity index (χ4n) is 7.25. The summed E-state index contributed by atoms with van der Waals surface area (Å²) in [5, 5.41) is 8.41. The van der Waals surface area contributed by atoms with Gasteiger partial charge in [0, 0.05) is 36.5 Å². The first-order chi connectivity index (χ1) is 17.3. The summed E-state index contributed by atoms with van der Waals surface area (Å²) >= 11 is 0. The first kappa shape index (κ1) is 25.0. The number of rotatable bonds is 10. The maximum atomic E-state index is 13.3. The Bertz CT molecular complexity index is 932. The molecule has 2 N–H and O–H groups in total. The van der Waals surface area contributed by atoms with Crippen LogP contribution in [0.1, 0.15) is 95.0 Å². The molecule has 1 aromatic carbocycles. The number of Topliss-reactive ketones (excluding diaryl/α,β-unsaturated/α-hetero) is 1. The van der Waals surface area contributed by atoms with Gasteiger partial charge >= 0.3 is 0 Å². The van der Waals surface area contributed by atoms with Gasteiger partial charge < -0.3 is 15.2 Å². The van der Waals surface area contributed by atoms with Gasteiger partial charge in [0.1, 0.15) is 5.78 Å². The van der Waals surface area contributed by atoms with Crippen molar-refractivity contribution in [2.45, 2.75) is 95.9 Å². The SMILES string of the molecule is O=C(CCCC1CCNCC1)CC(c1cn(CC2CCCCC2)c2ccccc12)C1CCNCC1. The van der Waals surface area contributed by atoms with E-state index in [4.69, 9.17) is 0 Å². The van der Waals surface area contributed by atoms with E-state index in [2.05, 4.69) is 45.7 Å². The van der Waals surface area contributed by atoms with E-state index in [9.17, 15) is 4.79 Å². The topological polar surface area (TPSA) is 46.1 Å². The highest BCUT2D eigenvalue weighted by Gasteiger charge is 2.30. The van der Waals surface area contributed by atoms with Gasteiger partial charge in [-0.05, 0) is 113 Å². The van der Waals surface area contributed by atoms with Crippen LogP contribution in [0.2, 0.25) is 0 Å². The van der Waals surface area contributed by atoms with Gasteiger partial charge in [-0.25, -0.2) is 0 Å². The molecule has 3 heterocycles. The summed E-state index contributed by atoms with van der Waals surface area (Å²) in [6.45, 7) is 5.63. The minimum absolute atomic E-state index is 0.362. The average molecular weight is 478 g/mol. The Balaban J connectivity index is 1.32. The molecule has 192 valence electrons. The molecule has 4 nitrogen and oxygen atoms in total. The third-order valence-corrected chi connectivity index (χ3v) is 9.33. The van der Waals surface area contributed by atoms with Crippen molar-refractivity contribution >= 4 is 16.7 Å². The molecular formula is C31H47N3O. The van der Waals surface area contributed by atoms with Crippen LogP contribution in [0.15, 0.2) is 30.5 Å². The molecule has 2 aromatic rings. The predicted octanol–water partition coefficient (Wildman–Crippen LogP) is 6.43. The molecule has 5 rings (SSSR count). The minimum atomic E-state index is 0.362. The number of carbonyl (C=O) groups excluding carboxylic acids is 1. The summed E-state index contributed by atoms with van der Waals surface area (Å²) in [7, 11) is 0. The zero-order chi connectivity index (χ0) is 23.9. The molecule has 2 aliphatic heterocycles. The number of nitrogens with zero attached hydrogens (tertiary/aromatic N) is 1. The number of ketones is 1. The lowest BCUT2D eigenvalue weighted by Gasteiger charge is -2.30. The predicted molar refractivity (Wildman–Crippen MR) is 146 cm³/mol. The number of hydrogen-bond donors (Lipinski definition) is 2. The highest BCUT2D eigenvalue weighted by molar-refractivity contribution is 5.86. The fraction of sp³-hybridized carbons (Fsp3) is 0.710. The molecule has 1 unspecified atom stereocenters. The Morgan fingerprint density at radius 3 is 2.37 bits per heavy atom. The number of nitrogens with one attached hydrogen (secondary N) is 2. The maximum Gasteiger partial charge on any atom is 0.133 e. The van der Waals surface area contributed by atoms with Gasteiger partial charge in [-0.3, -0.25) is 4.79 Å². The highest BCUT2D eigenvalue weighted by atomic mass is 16.1. The van der Waals surface area contributed by atoms with E-state index in [-0.39, 0.29) is 0 Å². The second-order valence-electron chi connectivity index (χ2n) is 11.8. The van der Waals surface area contributed by atoms with E-state index >= 15 is 0 Å². The van der Waals surface area contributed by atoms with E-state index in [1.807, 2.05) is 0 Å². The Kier molecular flexibility index (Phi) is 8.96. The summed E-state index contributed by atoms with van der Waals surface area (Å²) < 4.78 is 2.55. The van der Waals surface area contributed by atoms with Crippen LogP contribution < -0.4 is 10.6 Å². The smallest absolute Gasteiger partial charge is 0.133 e. The van der Waals surface area contributed by atoms with Crippen molar-refractivity contribution < 1.29 is 4.79 Å². The number of carbonyl (C=O) groups is 1. The quantitative estimate of drug-likeness (QED) is 0.414. The Morgan fingerprint density at radius 2 is 1.60 bits per heavy atom. The number of fused-ring (bicyclic) bond motifs is 1. The molecule has 1 saturated carbocycles. The zero-order valence-corrected chi connectivity index (χ0v) is 21.8. The van der Waals surface area contributed by atoms with Crippen molar-refractivity contribution in [3.63, 3.8) is 0 Å². The van der Waals surface area contributed by atoms with E-state index < -0.39 is 0 Å². The number of hydrogen-bond acceptors (Lipinski definition) is 3. The molecule has 4 heteroatoms. The van der Waals surface area contributed by atoms with Crippen molar-refractivity contribution in [3.05, 3.63) is 36.0 Å². The largest absolute Gasteiger partial charge is 0.347 e. The van der Waals surface area contributed by atoms with Crippen LogP contribution >= 0.6 is 0 Å². The number of aromatic nitrogens is 1. The van der Waals surface area contributed by atoms with Gasteiger partial charge in [-0.15, -0.1) is 0 Å². The van der Waals surface area contributed by atoms with Crippen LogP contribution in [0.4, 0.5) is 0 Å². The second kappa shape index (κ2) is 12.5. The molecule has 1 aliphatic carbocycles. The first-order valence-electron chi connectivity index (χ1n) is 14.8.